The molecule has 1 aromatic rings. The smallest absolute Gasteiger partial charge is 0.410 e. The summed E-state index contributed by atoms with van der Waals surface area (Å²) in [5, 5.41) is 0. The lowest BCUT2D eigenvalue weighted by Crippen LogP contribution is -2.44. The maximum Gasteiger partial charge on any atom is 0.415 e. The molecule has 90 valence electrons. The van der Waals surface area contributed by atoms with Crippen molar-refractivity contribution >= 4 is 12.0 Å². The molecular weight excluding hydrogens is 220 g/mol. The van der Waals surface area contributed by atoms with Crippen LogP contribution in [0.2, 0.25) is 0 Å². The van der Waals surface area contributed by atoms with Gasteiger partial charge in [-0.15, -0.1) is 0 Å². The monoisotopic (exact) mass is 234 g/mol. The fourth-order valence-electron chi connectivity index (χ4n) is 1.93. The van der Waals surface area contributed by atoms with E-state index < -0.39 is 18.0 Å². The van der Waals surface area contributed by atoms with Gasteiger partial charge in [-0.1, -0.05) is 18.2 Å². The number of rotatable bonds is 2. The standard InChI is InChI=1S/C12H14N2O3/c13-11(15)10-7-4-8-14(10)12(16)17-9-5-2-1-3-6-9/h1-3,5-6,10H,4,7-8H2,(H2,13,15)/t10-/m0/s1. The minimum Gasteiger partial charge on any atom is -0.410 e. The Balaban J connectivity index is 2.03. The van der Waals surface area contributed by atoms with Crippen LogP contribution in [0.4, 0.5) is 4.79 Å². The molecule has 2 N–H and O–H groups in total. The number of likely N-dealkylation sites (tertiary alicyclic amines) is 1. The van der Waals surface area contributed by atoms with Gasteiger partial charge in [0.05, 0.1) is 0 Å². The molecule has 0 bridgehead atoms. The summed E-state index contributed by atoms with van der Waals surface area (Å²) in [7, 11) is 0. The summed E-state index contributed by atoms with van der Waals surface area (Å²) < 4.78 is 5.16. The summed E-state index contributed by atoms with van der Waals surface area (Å²) in [4.78, 5) is 24.4. The average Bonchev–Trinajstić information content (AvgIpc) is 2.79. The van der Waals surface area contributed by atoms with E-state index in [0.717, 1.165) is 6.42 Å². The first-order valence-electron chi connectivity index (χ1n) is 5.51. The minimum absolute atomic E-state index is 0.465. The van der Waals surface area contributed by atoms with Gasteiger partial charge in [-0.3, -0.25) is 9.69 Å². The van der Waals surface area contributed by atoms with Crippen LogP contribution < -0.4 is 10.5 Å². The lowest BCUT2D eigenvalue weighted by molar-refractivity contribution is -0.121. The second-order valence-corrected chi connectivity index (χ2v) is 3.93. The molecule has 5 heteroatoms. The van der Waals surface area contributed by atoms with Crippen LogP contribution in [0.1, 0.15) is 12.8 Å². The van der Waals surface area contributed by atoms with Crippen LogP contribution in [0.3, 0.4) is 0 Å². The van der Waals surface area contributed by atoms with Crippen molar-refractivity contribution in [3.05, 3.63) is 30.3 Å². The lowest BCUT2D eigenvalue weighted by atomic mass is 10.2. The van der Waals surface area contributed by atoms with E-state index in [1.165, 1.54) is 4.90 Å². The summed E-state index contributed by atoms with van der Waals surface area (Å²) in [5.74, 6) is -0.0138. The van der Waals surface area contributed by atoms with Crippen molar-refractivity contribution in [2.45, 2.75) is 18.9 Å². The van der Waals surface area contributed by atoms with Gasteiger partial charge in [0.15, 0.2) is 0 Å². The molecule has 5 nitrogen and oxygen atoms in total. The summed E-state index contributed by atoms with van der Waals surface area (Å²) in [6.45, 7) is 0.513. The van der Waals surface area contributed by atoms with Crippen molar-refractivity contribution < 1.29 is 14.3 Å². The lowest BCUT2D eigenvalue weighted by Gasteiger charge is -2.21. The maximum absolute atomic E-state index is 11.8. The number of para-hydroxylation sites is 1. The Labute approximate surface area is 99.2 Å². The molecule has 1 aromatic carbocycles. The Morgan fingerprint density at radius 3 is 2.65 bits per heavy atom. The van der Waals surface area contributed by atoms with Crippen LogP contribution in [-0.2, 0) is 4.79 Å². The molecular formula is C12H14N2O3. The summed E-state index contributed by atoms with van der Waals surface area (Å²) in [5.41, 5.74) is 5.23. The van der Waals surface area contributed by atoms with Crippen molar-refractivity contribution in [3.63, 3.8) is 0 Å². The highest BCUT2D eigenvalue weighted by Crippen LogP contribution is 2.19. The summed E-state index contributed by atoms with van der Waals surface area (Å²) in [6.07, 6.45) is 0.869. The predicted molar refractivity (Wildman–Crippen MR) is 61.4 cm³/mol. The first-order valence-corrected chi connectivity index (χ1v) is 5.51. The van der Waals surface area contributed by atoms with Crippen LogP contribution in [0.15, 0.2) is 30.3 Å². The molecule has 1 aliphatic rings. The van der Waals surface area contributed by atoms with E-state index in [1.54, 1.807) is 24.3 Å². The van der Waals surface area contributed by atoms with Gasteiger partial charge in [-0.05, 0) is 25.0 Å². The Bertz CT molecular complexity index is 419. The van der Waals surface area contributed by atoms with Gasteiger partial charge >= 0.3 is 6.09 Å². The van der Waals surface area contributed by atoms with Gasteiger partial charge in [-0.25, -0.2) is 4.79 Å². The molecule has 0 aromatic heterocycles. The van der Waals surface area contributed by atoms with E-state index in [0.29, 0.717) is 18.7 Å². The number of nitrogens with two attached hydrogens (primary N) is 1. The van der Waals surface area contributed by atoms with Gasteiger partial charge in [0.25, 0.3) is 0 Å². The number of carbonyl (C=O) groups is 2. The Morgan fingerprint density at radius 1 is 1.29 bits per heavy atom. The van der Waals surface area contributed by atoms with E-state index in [9.17, 15) is 9.59 Å². The Morgan fingerprint density at radius 2 is 2.00 bits per heavy atom. The molecule has 0 aliphatic carbocycles. The quantitative estimate of drug-likeness (QED) is 0.833. The zero-order valence-electron chi connectivity index (χ0n) is 9.33. The normalized spacial score (nSPS) is 19.1. The minimum atomic E-state index is -0.536. The van der Waals surface area contributed by atoms with Crippen molar-refractivity contribution in [1.82, 2.24) is 4.90 Å². The first-order chi connectivity index (χ1) is 8.18. The molecule has 1 saturated heterocycles. The van der Waals surface area contributed by atoms with E-state index in [4.69, 9.17) is 10.5 Å². The highest BCUT2D eigenvalue weighted by Gasteiger charge is 2.33. The SMILES string of the molecule is NC(=O)[C@@H]1CCCN1C(=O)Oc1ccccc1. The van der Waals surface area contributed by atoms with E-state index in [-0.39, 0.29) is 0 Å². The van der Waals surface area contributed by atoms with Crippen molar-refractivity contribution in [3.8, 4) is 5.75 Å². The first kappa shape index (κ1) is 11.4. The third kappa shape index (κ3) is 2.55. The summed E-state index contributed by atoms with van der Waals surface area (Å²) in [6, 6.07) is 8.22. The van der Waals surface area contributed by atoms with Gasteiger partial charge < -0.3 is 10.5 Å². The zero-order valence-corrected chi connectivity index (χ0v) is 9.33. The topological polar surface area (TPSA) is 72.6 Å². The Kier molecular flexibility index (Phi) is 3.27. The fourth-order valence-corrected chi connectivity index (χ4v) is 1.93. The number of amides is 2. The third-order valence-corrected chi connectivity index (χ3v) is 2.76. The van der Waals surface area contributed by atoms with Crippen LogP contribution in [0.25, 0.3) is 0 Å². The van der Waals surface area contributed by atoms with Crippen molar-refractivity contribution in [2.75, 3.05) is 6.54 Å². The molecule has 0 saturated carbocycles. The molecule has 1 atom stereocenters. The van der Waals surface area contributed by atoms with Crippen LogP contribution in [0, 0.1) is 0 Å². The molecule has 17 heavy (non-hydrogen) atoms. The number of carbonyl (C=O) groups excluding carboxylic acids is 2. The number of ether oxygens (including phenoxy) is 1. The molecule has 0 spiro atoms. The number of benzene rings is 1. The fraction of sp³-hybridized carbons (Fsp3) is 0.333. The highest BCUT2D eigenvalue weighted by molar-refractivity contribution is 5.85. The zero-order chi connectivity index (χ0) is 12.3. The van der Waals surface area contributed by atoms with E-state index in [2.05, 4.69) is 0 Å². The highest BCUT2D eigenvalue weighted by atomic mass is 16.6. The van der Waals surface area contributed by atoms with Crippen molar-refractivity contribution in [2.24, 2.45) is 5.73 Å². The van der Waals surface area contributed by atoms with Gasteiger partial charge in [-0.2, -0.15) is 0 Å². The van der Waals surface area contributed by atoms with Crippen molar-refractivity contribution in [1.29, 1.82) is 0 Å². The molecule has 0 radical (unpaired) electrons. The van der Waals surface area contributed by atoms with E-state index >= 15 is 0 Å². The molecule has 2 amide bonds. The summed E-state index contributed by atoms with van der Waals surface area (Å²) >= 11 is 0. The van der Waals surface area contributed by atoms with E-state index in [1.807, 2.05) is 6.07 Å². The number of primary amides is 1. The maximum atomic E-state index is 11.8. The Hall–Kier alpha value is -2.04. The number of hydrogen-bond acceptors (Lipinski definition) is 3. The second-order valence-electron chi connectivity index (χ2n) is 3.93. The van der Waals surface area contributed by atoms with Gasteiger partial charge in [0.2, 0.25) is 5.91 Å². The van der Waals surface area contributed by atoms with Crippen LogP contribution in [-0.4, -0.2) is 29.5 Å². The molecule has 1 fully saturated rings. The van der Waals surface area contributed by atoms with Gasteiger partial charge in [0.1, 0.15) is 11.8 Å². The average molecular weight is 234 g/mol. The number of hydrogen-bond donors (Lipinski definition) is 1. The van der Waals surface area contributed by atoms with Gasteiger partial charge in [0, 0.05) is 6.54 Å². The largest absolute Gasteiger partial charge is 0.415 e. The molecule has 1 aliphatic heterocycles. The molecule has 1 heterocycles. The van der Waals surface area contributed by atoms with Crippen LogP contribution >= 0.6 is 0 Å². The number of nitrogens with zero attached hydrogens (tertiary/aromatic N) is 1. The second kappa shape index (κ2) is 4.86. The third-order valence-electron chi connectivity index (χ3n) is 2.76. The molecule has 2 rings (SSSR count). The molecule has 0 unspecified atom stereocenters. The predicted octanol–water partition coefficient (Wildman–Crippen LogP) is 1.14. The van der Waals surface area contributed by atoms with Crippen LogP contribution in [0.5, 0.6) is 5.75 Å².